The maximum Gasteiger partial charge on any atom is 0.153 e. The Balaban J connectivity index is 2.30. The molecule has 0 saturated carbocycles. The van der Waals surface area contributed by atoms with E-state index in [1.807, 2.05) is 0 Å². The smallest absolute Gasteiger partial charge is 0.153 e. The third-order valence-corrected chi connectivity index (χ3v) is 2.41. The summed E-state index contributed by atoms with van der Waals surface area (Å²) in [6, 6.07) is 14.1. The average molecular weight is 240 g/mol. The van der Waals surface area contributed by atoms with Crippen molar-refractivity contribution in [1.82, 2.24) is 0 Å². The van der Waals surface area contributed by atoms with Crippen molar-refractivity contribution in [3.05, 3.63) is 48.0 Å². The molecule has 2 rings (SSSR count). The van der Waals surface area contributed by atoms with Crippen LogP contribution in [-0.4, -0.2) is 7.11 Å². The van der Waals surface area contributed by atoms with Crippen LogP contribution in [0.1, 0.15) is 5.56 Å². The maximum atomic E-state index is 8.81. The summed E-state index contributed by atoms with van der Waals surface area (Å²) >= 11 is 0. The molecule has 4 nitrogen and oxygen atoms in total. The third kappa shape index (κ3) is 2.53. The fraction of sp³-hybridized carbons (Fsp3) is 0.0714. The van der Waals surface area contributed by atoms with Crippen molar-refractivity contribution in [3.8, 4) is 23.3 Å². The van der Waals surface area contributed by atoms with Gasteiger partial charge in [-0.25, -0.2) is 0 Å². The monoisotopic (exact) mass is 240 g/mol. The summed E-state index contributed by atoms with van der Waals surface area (Å²) in [6.07, 6.45) is 0. The molecule has 0 aromatic heterocycles. The van der Waals surface area contributed by atoms with Gasteiger partial charge in [-0.1, -0.05) is 6.07 Å². The van der Waals surface area contributed by atoms with Gasteiger partial charge >= 0.3 is 0 Å². The second kappa shape index (κ2) is 5.11. The van der Waals surface area contributed by atoms with Crippen molar-refractivity contribution in [1.29, 1.82) is 5.26 Å². The van der Waals surface area contributed by atoms with E-state index in [0.29, 0.717) is 28.5 Å². The number of ether oxygens (including phenoxy) is 2. The molecule has 0 radical (unpaired) electrons. The molecule has 0 aliphatic rings. The van der Waals surface area contributed by atoms with Crippen molar-refractivity contribution >= 4 is 5.69 Å². The largest absolute Gasteiger partial charge is 0.497 e. The molecule has 0 atom stereocenters. The van der Waals surface area contributed by atoms with E-state index in [2.05, 4.69) is 6.07 Å². The molecular weight excluding hydrogens is 228 g/mol. The van der Waals surface area contributed by atoms with Crippen LogP contribution in [0.4, 0.5) is 5.69 Å². The van der Waals surface area contributed by atoms with Crippen LogP contribution >= 0.6 is 0 Å². The van der Waals surface area contributed by atoms with Crippen molar-refractivity contribution in [2.24, 2.45) is 0 Å². The van der Waals surface area contributed by atoms with Crippen molar-refractivity contribution in [3.63, 3.8) is 0 Å². The summed E-state index contributed by atoms with van der Waals surface area (Å²) in [6.45, 7) is 0. The van der Waals surface area contributed by atoms with Gasteiger partial charge in [-0.2, -0.15) is 5.26 Å². The lowest BCUT2D eigenvalue weighted by Crippen LogP contribution is -1.93. The molecule has 0 amide bonds. The number of hydrogen-bond donors (Lipinski definition) is 1. The highest BCUT2D eigenvalue weighted by molar-refractivity contribution is 5.57. The van der Waals surface area contributed by atoms with Crippen molar-refractivity contribution in [2.75, 3.05) is 12.8 Å². The Morgan fingerprint density at radius 1 is 1.11 bits per heavy atom. The Morgan fingerprint density at radius 2 is 1.94 bits per heavy atom. The molecule has 0 aliphatic carbocycles. The van der Waals surface area contributed by atoms with Crippen LogP contribution in [0.2, 0.25) is 0 Å². The fourth-order valence-corrected chi connectivity index (χ4v) is 1.49. The van der Waals surface area contributed by atoms with Gasteiger partial charge in [0.25, 0.3) is 0 Å². The van der Waals surface area contributed by atoms with Crippen LogP contribution in [-0.2, 0) is 0 Å². The van der Waals surface area contributed by atoms with Gasteiger partial charge in [0.15, 0.2) is 5.75 Å². The van der Waals surface area contributed by atoms with Gasteiger partial charge in [-0.15, -0.1) is 0 Å². The quantitative estimate of drug-likeness (QED) is 0.837. The lowest BCUT2D eigenvalue weighted by atomic mass is 10.2. The van der Waals surface area contributed by atoms with E-state index in [0.717, 1.165) is 0 Å². The first-order valence-electron chi connectivity index (χ1n) is 5.34. The number of nitrogen functional groups attached to an aromatic ring is 1. The minimum absolute atomic E-state index is 0.504. The Labute approximate surface area is 105 Å². The van der Waals surface area contributed by atoms with Gasteiger partial charge < -0.3 is 15.2 Å². The number of anilines is 1. The number of nitriles is 1. The molecule has 2 aromatic rings. The normalized spacial score (nSPS) is 9.56. The molecular formula is C14H12N2O2. The minimum atomic E-state index is 0.504. The average Bonchev–Trinajstić information content (AvgIpc) is 2.41. The van der Waals surface area contributed by atoms with E-state index in [1.165, 1.54) is 0 Å². The highest BCUT2D eigenvalue weighted by atomic mass is 16.5. The molecule has 0 spiro atoms. The summed E-state index contributed by atoms with van der Waals surface area (Å²) in [7, 11) is 1.58. The number of rotatable bonds is 3. The van der Waals surface area contributed by atoms with Gasteiger partial charge in [0, 0.05) is 6.07 Å². The zero-order valence-corrected chi connectivity index (χ0v) is 9.88. The molecule has 0 aliphatic heterocycles. The highest BCUT2D eigenvalue weighted by Gasteiger charge is 2.05. The molecule has 90 valence electrons. The Kier molecular flexibility index (Phi) is 3.35. The first kappa shape index (κ1) is 11.8. The minimum Gasteiger partial charge on any atom is -0.497 e. The number of hydrogen-bond acceptors (Lipinski definition) is 4. The third-order valence-electron chi connectivity index (χ3n) is 2.41. The van der Waals surface area contributed by atoms with E-state index < -0.39 is 0 Å². The molecule has 4 heteroatoms. The summed E-state index contributed by atoms with van der Waals surface area (Å²) in [5.74, 6) is 1.73. The zero-order valence-electron chi connectivity index (χ0n) is 9.88. The lowest BCUT2D eigenvalue weighted by Gasteiger charge is -2.10. The Bertz CT molecular complexity index is 603. The van der Waals surface area contributed by atoms with Crippen molar-refractivity contribution in [2.45, 2.75) is 0 Å². The predicted molar refractivity (Wildman–Crippen MR) is 68.6 cm³/mol. The maximum absolute atomic E-state index is 8.81. The topological polar surface area (TPSA) is 68.3 Å². The van der Waals surface area contributed by atoms with Gasteiger partial charge in [-0.3, -0.25) is 0 Å². The van der Waals surface area contributed by atoms with Gasteiger partial charge in [0.2, 0.25) is 0 Å². The van der Waals surface area contributed by atoms with E-state index in [1.54, 1.807) is 49.6 Å². The molecule has 0 unspecified atom stereocenters. The zero-order chi connectivity index (χ0) is 13.0. The van der Waals surface area contributed by atoms with Crippen LogP contribution < -0.4 is 15.2 Å². The van der Waals surface area contributed by atoms with Crippen molar-refractivity contribution < 1.29 is 9.47 Å². The van der Waals surface area contributed by atoms with E-state index >= 15 is 0 Å². The van der Waals surface area contributed by atoms with E-state index in [4.69, 9.17) is 20.5 Å². The van der Waals surface area contributed by atoms with Gasteiger partial charge in [-0.05, 0) is 30.3 Å². The SMILES string of the molecule is COc1ccc(N)c(Oc2cccc(C#N)c2)c1. The Morgan fingerprint density at radius 3 is 2.67 bits per heavy atom. The molecule has 0 fully saturated rings. The summed E-state index contributed by atoms with van der Waals surface area (Å²) < 4.78 is 10.7. The molecule has 0 bridgehead atoms. The lowest BCUT2D eigenvalue weighted by molar-refractivity contribution is 0.409. The van der Waals surface area contributed by atoms with Crippen LogP contribution in [0, 0.1) is 11.3 Å². The van der Waals surface area contributed by atoms with Crippen LogP contribution in [0.15, 0.2) is 42.5 Å². The Hall–Kier alpha value is -2.67. The summed E-state index contributed by atoms with van der Waals surface area (Å²) in [5, 5.41) is 8.81. The van der Waals surface area contributed by atoms with E-state index in [9.17, 15) is 0 Å². The van der Waals surface area contributed by atoms with Crippen LogP contribution in [0.3, 0.4) is 0 Å². The predicted octanol–water partition coefficient (Wildman–Crippen LogP) is 2.94. The molecule has 0 saturated heterocycles. The van der Waals surface area contributed by atoms with Gasteiger partial charge in [0.05, 0.1) is 24.4 Å². The van der Waals surface area contributed by atoms with Crippen LogP contribution in [0.25, 0.3) is 0 Å². The molecule has 0 heterocycles. The molecule has 2 aromatic carbocycles. The number of methoxy groups -OCH3 is 1. The van der Waals surface area contributed by atoms with E-state index in [-0.39, 0.29) is 0 Å². The summed E-state index contributed by atoms with van der Waals surface area (Å²) in [4.78, 5) is 0. The molecule has 2 N–H and O–H groups in total. The second-order valence-corrected chi connectivity index (χ2v) is 3.65. The number of benzene rings is 2. The van der Waals surface area contributed by atoms with Gasteiger partial charge in [0.1, 0.15) is 11.5 Å². The number of nitrogens with zero attached hydrogens (tertiary/aromatic N) is 1. The first-order valence-corrected chi connectivity index (χ1v) is 5.34. The van der Waals surface area contributed by atoms with Crippen LogP contribution in [0.5, 0.6) is 17.2 Å². The number of nitrogens with two attached hydrogens (primary N) is 1. The first-order chi connectivity index (χ1) is 8.72. The highest BCUT2D eigenvalue weighted by Crippen LogP contribution is 2.31. The molecule has 18 heavy (non-hydrogen) atoms. The second-order valence-electron chi connectivity index (χ2n) is 3.65. The standard InChI is InChI=1S/C14H12N2O2/c1-17-11-5-6-13(16)14(8-11)18-12-4-2-3-10(7-12)9-15/h2-8H,16H2,1H3. The summed E-state index contributed by atoms with van der Waals surface area (Å²) in [5.41, 5.74) is 6.87. The fourth-order valence-electron chi connectivity index (χ4n) is 1.49.